The molecule has 2 nitrogen and oxygen atoms in total. The van der Waals surface area contributed by atoms with Gasteiger partial charge in [0.25, 0.3) is 0 Å². The summed E-state index contributed by atoms with van der Waals surface area (Å²) in [6, 6.07) is 1.46. The van der Waals surface area contributed by atoms with Crippen LogP contribution >= 0.6 is 0 Å². The number of nitrogens with one attached hydrogen (secondary N) is 1. The maximum absolute atomic E-state index is 3.60. The van der Waals surface area contributed by atoms with Gasteiger partial charge >= 0.3 is 0 Å². The molecule has 1 aliphatic carbocycles. The fourth-order valence-corrected chi connectivity index (χ4v) is 4.70. The van der Waals surface area contributed by atoms with Crippen LogP contribution in [0, 0.1) is 23.7 Å². The summed E-state index contributed by atoms with van der Waals surface area (Å²) in [6.07, 6.45) is 4.17. The quantitative estimate of drug-likeness (QED) is 0.813. The topological polar surface area (TPSA) is 15.3 Å². The SMILES string of the molecule is CNC1CC(C)CC(C)C1N1CC(C)CC(C)C1. The molecule has 0 aromatic heterocycles. The van der Waals surface area contributed by atoms with E-state index in [-0.39, 0.29) is 0 Å². The van der Waals surface area contributed by atoms with Gasteiger partial charge < -0.3 is 5.32 Å². The zero-order valence-corrected chi connectivity index (χ0v) is 12.9. The first-order valence-electron chi connectivity index (χ1n) is 7.92. The van der Waals surface area contributed by atoms with Crippen LogP contribution in [-0.4, -0.2) is 37.1 Å². The lowest BCUT2D eigenvalue weighted by molar-refractivity contribution is 0.0194. The zero-order valence-electron chi connectivity index (χ0n) is 12.9. The summed E-state index contributed by atoms with van der Waals surface area (Å²) in [5, 5.41) is 3.60. The van der Waals surface area contributed by atoms with Gasteiger partial charge in [-0.25, -0.2) is 0 Å². The summed E-state index contributed by atoms with van der Waals surface area (Å²) in [6.45, 7) is 12.4. The van der Waals surface area contributed by atoms with Crippen LogP contribution in [0.5, 0.6) is 0 Å². The Labute approximate surface area is 114 Å². The van der Waals surface area contributed by atoms with E-state index in [1.807, 2.05) is 0 Å². The molecule has 0 bridgehead atoms. The highest BCUT2D eigenvalue weighted by molar-refractivity contribution is 4.95. The molecule has 2 fully saturated rings. The van der Waals surface area contributed by atoms with Crippen LogP contribution in [-0.2, 0) is 0 Å². The fourth-order valence-electron chi connectivity index (χ4n) is 4.70. The summed E-state index contributed by atoms with van der Waals surface area (Å²) < 4.78 is 0. The number of nitrogens with zero attached hydrogens (tertiary/aromatic N) is 1. The van der Waals surface area contributed by atoms with E-state index in [1.54, 1.807) is 0 Å². The molecule has 1 aliphatic heterocycles. The van der Waals surface area contributed by atoms with Crippen molar-refractivity contribution in [3.05, 3.63) is 0 Å². The average Bonchev–Trinajstić information content (AvgIpc) is 2.26. The van der Waals surface area contributed by atoms with Crippen LogP contribution < -0.4 is 5.32 Å². The highest BCUT2D eigenvalue weighted by Gasteiger charge is 2.39. The average molecular weight is 252 g/mol. The van der Waals surface area contributed by atoms with Crippen molar-refractivity contribution in [3.8, 4) is 0 Å². The van der Waals surface area contributed by atoms with Gasteiger partial charge in [-0.1, -0.05) is 27.7 Å². The van der Waals surface area contributed by atoms with Crippen LogP contribution in [0.2, 0.25) is 0 Å². The number of likely N-dealkylation sites (N-methyl/N-ethyl adjacent to an activating group) is 1. The van der Waals surface area contributed by atoms with E-state index in [4.69, 9.17) is 0 Å². The Bertz CT molecular complexity index is 256. The van der Waals surface area contributed by atoms with Crippen molar-refractivity contribution in [3.63, 3.8) is 0 Å². The molecular formula is C16H32N2. The first kappa shape index (κ1) is 14.3. The molecule has 6 atom stereocenters. The monoisotopic (exact) mass is 252 g/mol. The Balaban J connectivity index is 2.08. The third-order valence-electron chi connectivity index (χ3n) is 5.12. The highest BCUT2D eigenvalue weighted by Crippen LogP contribution is 2.35. The molecule has 0 aromatic carbocycles. The van der Waals surface area contributed by atoms with Gasteiger partial charge in [-0.2, -0.15) is 0 Å². The maximum atomic E-state index is 3.60. The highest BCUT2D eigenvalue weighted by atomic mass is 15.2. The lowest BCUT2D eigenvalue weighted by Crippen LogP contribution is -2.58. The van der Waals surface area contributed by atoms with Crippen molar-refractivity contribution in [1.82, 2.24) is 10.2 Å². The van der Waals surface area contributed by atoms with E-state index in [0.29, 0.717) is 6.04 Å². The van der Waals surface area contributed by atoms with E-state index in [9.17, 15) is 0 Å². The second kappa shape index (κ2) is 5.92. The molecular weight excluding hydrogens is 220 g/mol. The molecule has 0 radical (unpaired) electrons. The third kappa shape index (κ3) is 3.08. The largest absolute Gasteiger partial charge is 0.315 e. The minimum atomic E-state index is 0.696. The van der Waals surface area contributed by atoms with Crippen LogP contribution in [0.3, 0.4) is 0 Å². The Morgan fingerprint density at radius 1 is 0.833 bits per heavy atom. The fraction of sp³-hybridized carbons (Fsp3) is 1.00. The second-order valence-corrected chi connectivity index (χ2v) is 7.34. The first-order valence-corrected chi connectivity index (χ1v) is 7.92. The maximum Gasteiger partial charge on any atom is 0.0275 e. The van der Waals surface area contributed by atoms with Crippen molar-refractivity contribution in [2.75, 3.05) is 20.1 Å². The minimum Gasteiger partial charge on any atom is -0.315 e. The van der Waals surface area contributed by atoms with Crippen molar-refractivity contribution < 1.29 is 0 Å². The summed E-state index contributed by atoms with van der Waals surface area (Å²) in [5.41, 5.74) is 0. The molecule has 2 rings (SSSR count). The minimum absolute atomic E-state index is 0.696. The molecule has 1 saturated carbocycles. The van der Waals surface area contributed by atoms with Gasteiger partial charge in [0.2, 0.25) is 0 Å². The summed E-state index contributed by atoms with van der Waals surface area (Å²) >= 11 is 0. The smallest absolute Gasteiger partial charge is 0.0275 e. The van der Waals surface area contributed by atoms with Crippen molar-refractivity contribution in [1.29, 1.82) is 0 Å². The lowest BCUT2D eigenvalue weighted by atomic mass is 9.74. The molecule has 2 heteroatoms. The molecule has 2 aliphatic rings. The van der Waals surface area contributed by atoms with Gasteiger partial charge in [-0.15, -0.1) is 0 Å². The first-order chi connectivity index (χ1) is 8.51. The van der Waals surface area contributed by atoms with E-state index in [1.165, 1.54) is 32.4 Å². The molecule has 0 amide bonds. The van der Waals surface area contributed by atoms with Crippen molar-refractivity contribution >= 4 is 0 Å². The predicted octanol–water partition coefficient (Wildman–Crippen LogP) is 2.99. The molecule has 0 spiro atoms. The van der Waals surface area contributed by atoms with Gasteiger partial charge in [0, 0.05) is 25.2 Å². The third-order valence-corrected chi connectivity index (χ3v) is 5.12. The molecule has 1 heterocycles. The molecule has 1 N–H and O–H groups in total. The van der Waals surface area contributed by atoms with Crippen LogP contribution in [0.15, 0.2) is 0 Å². The van der Waals surface area contributed by atoms with Crippen LogP contribution in [0.1, 0.15) is 47.0 Å². The second-order valence-electron chi connectivity index (χ2n) is 7.34. The summed E-state index contributed by atoms with van der Waals surface area (Å²) in [4.78, 5) is 2.80. The van der Waals surface area contributed by atoms with E-state index in [2.05, 4.69) is 45.0 Å². The van der Waals surface area contributed by atoms with E-state index < -0.39 is 0 Å². The molecule has 6 unspecified atom stereocenters. The van der Waals surface area contributed by atoms with E-state index in [0.717, 1.165) is 29.7 Å². The Kier molecular flexibility index (Phi) is 4.71. The van der Waals surface area contributed by atoms with Gasteiger partial charge in [0.1, 0.15) is 0 Å². The molecule has 1 saturated heterocycles. The number of piperidine rings is 1. The standard InChI is InChI=1S/C16H32N2/c1-11-7-14(4)16(15(8-11)17-5)18-9-12(2)6-13(3)10-18/h11-17H,6-10H2,1-5H3. The summed E-state index contributed by atoms with van der Waals surface area (Å²) in [5.74, 6) is 3.47. The number of hydrogen-bond acceptors (Lipinski definition) is 2. The Morgan fingerprint density at radius 2 is 1.44 bits per heavy atom. The Hall–Kier alpha value is -0.0800. The number of hydrogen-bond donors (Lipinski definition) is 1. The Morgan fingerprint density at radius 3 is 2.00 bits per heavy atom. The predicted molar refractivity (Wildman–Crippen MR) is 78.7 cm³/mol. The normalized spacial score (nSPS) is 47.2. The van der Waals surface area contributed by atoms with E-state index >= 15 is 0 Å². The number of rotatable bonds is 2. The summed E-state index contributed by atoms with van der Waals surface area (Å²) in [7, 11) is 2.15. The van der Waals surface area contributed by atoms with Gasteiger partial charge in [0.15, 0.2) is 0 Å². The molecule has 106 valence electrons. The molecule has 0 aromatic rings. The van der Waals surface area contributed by atoms with Crippen LogP contribution in [0.25, 0.3) is 0 Å². The van der Waals surface area contributed by atoms with Crippen molar-refractivity contribution in [2.45, 2.75) is 59.0 Å². The van der Waals surface area contributed by atoms with Gasteiger partial charge in [0.05, 0.1) is 0 Å². The lowest BCUT2D eigenvalue weighted by Gasteiger charge is -2.49. The molecule has 18 heavy (non-hydrogen) atoms. The number of likely N-dealkylation sites (tertiary alicyclic amines) is 1. The van der Waals surface area contributed by atoms with Crippen molar-refractivity contribution in [2.24, 2.45) is 23.7 Å². The van der Waals surface area contributed by atoms with Gasteiger partial charge in [-0.3, -0.25) is 4.90 Å². The van der Waals surface area contributed by atoms with Gasteiger partial charge in [-0.05, 0) is 50.0 Å². The zero-order chi connectivity index (χ0) is 13.3. The van der Waals surface area contributed by atoms with Crippen LogP contribution in [0.4, 0.5) is 0 Å².